The van der Waals surface area contributed by atoms with E-state index in [9.17, 15) is 0 Å². The minimum Gasteiger partial charge on any atom is -0.370 e. The molecule has 0 radical (unpaired) electrons. The molecule has 0 atom stereocenters. The van der Waals surface area contributed by atoms with Crippen LogP contribution >= 0.6 is 0 Å². The minimum absolute atomic E-state index is 0.107. The number of benzene rings is 1. The number of hydrogen-bond acceptors (Lipinski definition) is 1. The van der Waals surface area contributed by atoms with Gasteiger partial charge in [0.05, 0.1) is 5.69 Å². The van der Waals surface area contributed by atoms with Gasteiger partial charge in [-0.05, 0) is 31.9 Å². The zero-order chi connectivity index (χ0) is 10.0. The molecule has 0 aliphatic rings. The number of nitrogens with zero attached hydrogens (tertiary/aromatic N) is 1. The number of nitrogens with two attached hydrogens (primary N) is 2. The molecule has 0 fully saturated rings. The second-order valence-corrected chi connectivity index (χ2v) is 3.28. The Morgan fingerprint density at radius 3 is 1.92 bits per heavy atom. The topological polar surface area (TPSA) is 64.4 Å². The van der Waals surface area contributed by atoms with E-state index in [1.54, 1.807) is 0 Å². The summed E-state index contributed by atoms with van der Waals surface area (Å²) in [6.07, 6.45) is 0. The Labute approximate surface area is 78.5 Å². The molecule has 0 aromatic heterocycles. The third-order valence-electron chi connectivity index (χ3n) is 1.88. The molecule has 0 saturated heterocycles. The van der Waals surface area contributed by atoms with Crippen LogP contribution in [0.2, 0.25) is 0 Å². The lowest BCUT2D eigenvalue weighted by Gasteiger charge is -2.06. The average Bonchev–Trinajstić information content (AvgIpc) is 1.96. The third kappa shape index (κ3) is 2.21. The van der Waals surface area contributed by atoms with Crippen molar-refractivity contribution in [1.82, 2.24) is 0 Å². The van der Waals surface area contributed by atoms with Gasteiger partial charge in [0.2, 0.25) is 0 Å². The molecule has 13 heavy (non-hydrogen) atoms. The van der Waals surface area contributed by atoms with Crippen LogP contribution in [0.1, 0.15) is 16.7 Å². The Kier molecular flexibility index (Phi) is 2.56. The van der Waals surface area contributed by atoms with Crippen molar-refractivity contribution in [1.29, 1.82) is 0 Å². The van der Waals surface area contributed by atoms with Gasteiger partial charge in [0.15, 0.2) is 5.96 Å². The zero-order valence-electron chi connectivity index (χ0n) is 8.26. The molecular weight excluding hydrogens is 162 g/mol. The van der Waals surface area contributed by atoms with E-state index >= 15 is 0 Å². The molecule has 0 aliphatic carbocycles. The first-order valence-corrected chi connectivity index (χ1v) is 4.18. The predicted octanol–water partition coefficient (Wildman–Crippen LogP) is 1.52. The highest BCUT2D eigenvalue weighted by Crippen LogP contribution is 2.24. The van der Waals surface area contributed by atoms with Gasteiger partial charge in [-0.25, -0.2) is 4.99 Å². The van der Waals surface area contributed by atoms with Crippen molar-refractivity contribution >= 4 is 11.6 Å². The standard InChI is InChI=1S/C10H15N3/c1-6-4-7(2)9(8(3)5-6)13-10(11)12/h4-5H,1-3H3,(H4,11,12,13). The molecule has 4 N–H and O–H groups in total. The van der Waals surface area contributed by atoms with Crippen LogP contribution in [0.5, 0.6) is 0 Å². The van der Waals surface area contributed by atoms with Crippen molar-refractivity contribution in [2.75, 3.05) is 0 Å². The van der Waals surface area contributed by atoms with Gasteiger partial charge in [0.1, 0.15) is 0 Å². The second kappa shape index (κ2) is 3.47. The zero-order valence-corrected chi connectivity index (χ0v) is 8.26. The molecule has 0 bridgehead atoms. The Balaban J connectivity index is 3.29. The van der Waals surface area contributed by atoms with Gasteiger partial charge in [0, 0.05) is 0 Å². The molecule has 0 amide bonds. The number of aryl methyl sites for hydroxylation is 3. The van der Waals surface area contributed by atoms with Crippen LogP contribution in [0.25, 0.3) is 0 Å². The fraction of sp³-hybridized carbons (Fsp3) is 0.300. The van der Waals surface area contributed by atoms with Gasteiger partial charge >= 0.3 is 0 Å². The smallest absolute Gasteiger partial charge is 0.191 e. The number of guanidine groups is 1. The summed E-state index contributed by atoms with van der Waals surface area (Å²) in [4.78, 5) is 4.07. The molecule has 3 nitrogen and oxygen atoms in total. The summed E-state index contributed by atoms with van der Waals surface area (Å²) in [5.41, 5.74) is 15.0. The Hall–Kier alpha value is -1.51. The monoisotopic (exact) mass is 177 g/mol. The maximum absolute atomic E-state index is 5.33. The van der Waals surface area contributed by atoms with Crippen LogP contribution in [0, 0.1) is 20.8 Å². The van der Waals surface area contributed by atoms with Crippen molar-refractivity contribution in [3.05, 3.63) is 28.8 Å². The average molecular weight is 177 g/mol. The first-order valence-electron chi connectivity index (χ1n) is 4.18. The van der Waals surface area contributed by atoms with Crippen molar-refractivity contribution in [2.45, 2.75) is 20.8 Å². The van der Waals surface area contributed by atoms with Gasteiger partial charge in [0.25, 0.3) is 0 Å². The Morgan fingerprint density at radius 2 is 1.54 bits per heavy atom. The number of rotatable bonds is 1. The molecule has 0 aliphatic heterocycles. The predicted molar refractivity (Wildman–Crippen MR) is 56.1 cm³/mol. The summed E-state index contributed by atoms with van der Waals surface area (Å²) in [5.74, 6) is 0.107. The molecule has 0 saturated carbocycles. The van der Waals surface area contributed by atoms with Crippen molar-refractivity contribution in [3.63, 3.8) is 0 Å². The van der Waals surface area contributed by atoms with Gasteiger partial charge < -0.3 is 11.5 Å². The van der Waals surface area contributed by atoms with Gasteiger partial charge in [-0.3, -0.25) is 0 Å². The lowest BCUT2D eigenvalue weighted by atomic mass is 10.1. The van der Waals surface area contributed by atoms with Crippen LogP contribution in [0.15, 0.2) is 17.1 Å². The summed E-state index contributed by atoms with van der Waals surface area (Å²) < 4.78 is 0. The highest BCUT2D eigenvalue weighted by atomic mass is 15.0. The third-order valence-corrected chi connectivity index (χ3v) is 1.88. The summed E-state index contributed by atoms with van der Waals surface area (Å²) in [7, 11) is 0. The van der Waals surface area contributed by atoms with Gasteiger partial charge in [-0.2, -0.15) is 0 Å². The summed E-state index contributed by atoms with van der Waals surface area (Å²) in [6, 6.07) is 4.13. The Morgan fingerprint density at radius 1 is 1.08 bits per heavy atom. The largest absolute Gasteiger partial charge is 0.370 e. The van der Waals surface area contributed by atoms with Gasteiger partial charge in [-0.1, -0.05) is 17.7 Å². The van der Waals surface area contributed by atoms with Crippen LogP contribution < -0.4 is 11.5 Å². The lowest BCUT2D eigenvalue weighted by Crippen LogP contribution is -2.22. The highest BCUT2D eigenvalue weighted by Gasteiger charge is 2.01. The van der Waals surface area contributed by atoms with Crippen LogP contribution in [0.3, 0.4) is 0 Å². The minimum atomic E-state index is 0.107. The van der Waals surface area contributed by atoms with Gasteiger partial charge in [-0.15, -0.1) is 0 Å². The molecule has 1 rings (SSSR count). The number of hydrogen-bond donors (Lipinski definition) is 2. The molecule has 1 aromatic carbocycles. The molecule has 1 aromatic rings. The van der Waals surface area contributed by atoms with Crippen molar-refractivity contribution < 1.29 is 0 Å². The molecule has 70 valence electrons. The maximum atomic E-state index is 5.33. The van der Waals surface area contributed by atoms with E-state index < -0.39 is 0 Å². The molecule has 0 heterocycles. The quantitative estimate of drug-likeness (QED) is 0.504. The normalized spacial score (nSPS) is 9.77. The second-order valence-electron chi connectivity index (χ2n) is 3.28. The van der Waals surface area contributed by atoms with E-state index in [0.717, 1.165) is 16.8 Å². The van der Waals surface area contributed by atoms with Crippen LogP contribution in [-0.2, 0) is 0 Å². The summed E-state index contributed by atoms with van der Waals surface area (Å²) in [5, 5.41) is 0. The SMILES string of the molecule is Cc1cc(C)c(N=C(N)N)c(C)c1. The van der Waals surface area contributed by atoms with Crippen molar-refractivity contribution in [3.8, 4) is 0 Å². The molecule has 0 spiro atoms. The maximum Gasteiger partial charge on any atom is 0.191 e. The van der Waals surface area contributed by atoms with E-state index in [0.29, 0.717) is 0 Å². The van der Waals surface area contributed by atoms with Crippen LogP contribution in [-0.4, -0.2) is 5.96 Å². The van der Waals surface area contributed by atoms with E-state index in [4.69, 9.17) is 11.5 Å². The first-order chi connectivity index (χ1) is 6.00. The van der Waals surface area contributed by atoms with E-state index in [1.165, 1.54) is 5.56 Å². The number of aliphatic imine (C=N–C) groups is 1. The molecular formula is C10H15N3. The first kappa shape index (κ1) is 9.58. The molecule has 0 unspecified atom stereocenters. The highest BCUT2D eigenvalue weighted by molar-refractivity contribution is 5.80. The van der Waals surface area contributed by atoms with E-state index in [-0.39, 0.29) is 5.96 Å². The van der Waals surface area contributed by atoms with Crippen LogP contribution in [0.4, 0.5) is 5.69 Å². The fourth-order valence-corrected chi connectivity index (χ4v) is 1.48. The van der Waals surface area contributed by atoms with Crippen molar-refractivity contribution in [2.24, 2.45) is 16.5 Å². The summed E-state index contributed by atoms with van der Waals surface area (Å²) in [6.45, 7) is 6.06. The van der Waals surface area contributed by atoms with E-state index in [2.05, 4.69) is 24.0 Å². The van der Waals surface area contributed by atoms with E-state index in [1.807, 2.05) is 13.8 Å². The molecule has 3 heteroatoms. The lowest BCUT2D eigenvalue weighted by molar-refractivity contribution is 1.27. The fourth-order valence-electron chi connectivity index (χ4n) is 1.48. The summed E-state index contributed by atoms with van der Waals surface area (Å²) >= 11 is 0. The Bertz CT molecular complexity index is 326.